The van der Waals surface area contributed by atoms with Crippen LogP contribution in [0.3, 0.4) is 0 Å². The predicted molar refractivity (Wildman–Crippen MR) is 76.6 cm³/mol. The first-order chi connectivity index (χ1) is 8.20. The van der Waals surface area contributed by atoms with E-state index in [1.54, 1.807) is 11.3 Å². The number of thiophene rings is 1. The molecule has 1 saturated carbocycles. The molecule has 1 aromatic rings. The summed E-state index contributed by atoms with van der Waals surface area (Å²) in [6, 6.07) is 2.83. The Hall–Kier alpha value is 0.100. The standard InChI is InChI=1S/C13H20BrNOS/c1-9-11(14)7-13(17-9)12(8-16)15-10-5-3-2-4-6-10/h7,10,12,15-16H,2-6,8H2,1H3. The van der Waals surface area contributed by atoms with Crippen molar-refractivity contribution in [3.63, 3.8) is 0 Å². The summed E-state index contributed by atoms with van der Waals surface area (Å²) in [6.45, 7) is 2.29. The first-order valence-electron chi connectivity index (χ1n) is 6.33. The maximum Gasteiger partial charge on any atom is 0.0652 e. The van der Waals surface area contributed by atoms with Crippen molar-refractivity contribution in [1.29, 1.82) is 0 Å². The van der Waals surface area contributed by atoms with Gasteiger partial charge in [-0.1, -0.05) is 19.3 Å². The molecule has 0 amide bonds. The molecule has 1 aliphatic rings. The second-order valence-electron chi connectivity index (χ2n) is 4.79. The van der Waals surface area contributed by atoms with Crippen LogP contribution in [0.15, 0.2) is 10.5 Å². The molecule has 1 atom stereocenters. The highest BCUT2D eigenvalue weighted by Crippen LogP contribution is 2.31. The number of aliphatic hydroxyl groups excluding tert-OH is 1. The van der Waals surface area contributed by atoms with E-state index in [0.29, 0.717) is 6.04 Å². The average molecular weight is 318 g/mol. The van der Waals surface area contributed by atoms with Gasteiger partial charge in [0.25, 0.3) is 0 Å². The van der Waals surface area contributed by atoms with Crippen LogP contribution >= 0.6 is 27.3 Å². The Kier molecular flexibility index (Phi) is 5.03. The van der Waals surface area contributed by atoms with Crippen molar-refractivity contribution < 1.29 is 5.11 Å². The van der Waals surface area contributed by atoms with Gasteiger partial charge in [-0.05, 0) is 41.8 Å². The lowest BCUT2D eigenvalue weighted by molar-refractivity contribution is 0.222. The van der Waals surface area contributed by atoms with E-state index in [2.05, 4.69) is 34.2 Å². The zero-order valence-corrected chi connectivity index (χ0v) is 12.6. The molecule has 1 unspecified atom stereocenters. The summed E-state index contributed by atoms with van der Waals surface area (Å²) in [7, 11) is 0. The summed E-state index contributed by atoms with van der Waals surface area (Å²) in [6.07, 6.45) is 6.52. The van der Waals surface area contributed by atoms with E-state index in [-0.39, 0.29) is 12.6 Å². The number of aryl methyl sites for hydroxylation is 1. The van der Waals surface area contributed by atoms with Crippen molar-refractivity contribution in [2.24, 2.45) is 0 Å². The Labute approximate surface area is 116 Å². The third-order valence-electron chi connectivity index (χ3n) is 3.44. The largest absolute Gasteiger partial charge is 0.394 e. The minimum absolute atomic E-state index is 0.105. The summed E-state index contributed by atoms with van der Waals surface area (Å²) in [5, 5.41) is 13.1. The van der Waals surface area contributed by atoms with Crippen molar-refractivity contribution in [3.05, 3.63) is 20.3 Å². The van der Waals surface area contributed by atoms with Gasteiger partial charge in [-0.15, -0.1) is 11.3 Å². The summed E-state index contributed by atoms with van der Waals surface area (Å²) < 4.78 is 1.15. The van der Waals surface area contributed by atoms with Crippen LogP contribution in [0.4, 0.5) is 0 Å². The topological polar surface area (TPSA) is 32.3 Å². The van der Waals surface area contributed by atoms with E-state index < -0.39 is 0 Å². The Balaban J connectivity index is 2.00. The van der Waals surface area contributed by atoms with Gasteiger partial charge in [0.05, 0.1) is 12.6 Å². The molecular weight excluding hydrogens is 298 g/mol. The number of hydrogen-bond acceptors (Lipinski definition) is 3. The van der Waals surface area contributed by atoms with Crippen molar-refractivity contribution >= 4 is 27.3 Å². The molecule has 0 aliphatic heterocycles. The molecule has 1 aliphatic carbocycles. The fourth-order valence-electron chi connectivity index (χ4n) is 2.43. The summed E-state index contributed by atoms with van der Waals surface area (Å²) in [4.78, 5) is 2.52. The van der Waals surface area contributed by atoms with Gasteiger partial charge in [0.1, 0.15) is 0 Å². The van der Waals surface area contributed by atoms with E-state index in [0.717, 1.165) is 4.47 Å². The van der Waals surface area contributed by atoms with E-state index in [1.807, 2.05) is 0 Å². The minimum Gasteiger partial charge on any atom is -0.394 e. The Morgan fingerprint density at radius 2 is 2.18 bits per heavy atom. The molecular formula is C13H20BrNOS. The third-order valence-corrected chi connectivity index (χ3v) is 5.69. The van der Waals surface area contributed by atoms with Gasteiger partial charge in [-0.25, -0.2) is 0 Å². The Morgan fingerprint density at radius 1 is 1.47 bits per heavy atom. The average Bonchev–Trinajstić information content (AvgIpc) is 2.68. The molecule has 0 spiro atoms. The van der Waals surface area contributed by atoms with E-state index in [4.69, 9.17) is 0 Å². The molecule has 2 N–H and O–H groups in total. The number of nitrogens with one attached hydrogen (secondary N) is 1. The highest BCUT2D eigenvalue weighted by molar-refractivity contribution is 9.10. The summed E-state index contributed by atoms with van der Waals surface area (Å²) >= 11 is 5.31. The van der Waals surface area contributed by atoms with Crippen LogP contribution in [0.1, 0.15) is 47.9 Å². The van der Waals surface area contributed by atoms with Gasteiger partial charge in [0, 0.05) is 20.3 Å². The fourth-order valence-corrected chi connectivity index (χ4v) is 4.04. The summed E-state index contributed by atoms with van der Waals surface area (Å²) in [5.74, 6) is 0. The minimum atomic E-state index is 0.105. The molecule has 2 nitrogen and oxygen atoms in total. The van der Waals surface area contributed by atoms with Crippen LogP contribution in [0, 0.1) is 6.92 Å². The molecule has 0 radical (unpaired) electrons. The normalized spacial score (nSPS) is 19.5. The second kappa shape index (κ2) is 6.32. The Morgan fingerprint density at radius 3 is 2.71 bits per heavy atom. The predicted octanol–water partition coefficient (Wildman–Crippen LogP) is 3.77. The first kappa shape index (κ1) is 13.5. The van der Waals surface area contributed by atoms with Gasteiger partial charge in [-0.2, -0.15) is 0 Å². The lowest BCUT2D eigenvalue weighted by Crippen LogP contribution is -2.35. The van der Waals surface area contributed by atoms with Gasteiger partial charge in [0.2, 0.25) is 0 Å². The summed E-state index contributed by atoms with van der Waals surface area (Å²) in [5.41, 5.74) is 0. The molecule has 0 aromatic carbocycles. The van der Waals surface area contributed by atoms with E-state index in [1.165, 1.54) is 41.9 Å². The molecule has 1 fully saturated rings. The third kappa shape index (κ3) is 3.53. The van der Waals surface area contributed by atoms with Crippen molar-refractivity contribution in [1.82, 2.24) is 5.32 Å². The van der Waals surface area contributed by atoms with Crippen LogP contribution in [0.25, 0.3) is 0 Å². The fraction of sp³-hybridized carbons (Fsp3) is 0.692. The number of halogens is 1. The maximum absolute atomic E-state index is 9.54. The van der Waals surface area contributed by atoms with Crippen LogP contribution in [-0.2, 0) is 0 Å². The van der Waals surface area contributed by atoms with Crippen LogP contribution in [0.5, 0.6) is 0 Å². The van der Waals surface area contributed by atoms with Crippen molar-refractivity contribution in [2.75, 3.05) is 6.61 Å². The molecule has 96 valence electrons. The first-order valence-corrected chi connectivity index (χ1v) is 7.94. The quantitative estimate of drug-likeness (QED) is 0.885. The number of aliphatic hydroxyl groups is 1. The lowest BCUT2D eigenvalue weighted by Gasteiger charge is -2.27. The monoisotopic (exact) mass is 317 g/mol. The molecule has 0 saturated heterocycles. The molecule has 0 bridgehead atoms. The molecule has 4 heteroatoms. The zero-order valence-electron chi connectivity index (χ0n) is 10.2. The van der Waals surface area contributed by atoms with Crippen molar-refractivity contribution in [2.45, 2.75) is 51.1 Å². The zero-order chi connectivity index (χ0) is 12.3. The van der Waals surface area contributed by atoms with E-state index in [9.17, 15) is 5.11 Å². The van der Waals surface area contributed by atoms with Crippen LogP contribution < -0.4 is 5.32 Å². The van der Waals surface area contributed by atoms with Gasteiger partial charge in [-0.3, -0.25) is 0 Å². The Bertz CT molecular complexity index is 341. The second-order valence-corrected chi connectivity index (χ2v) is 6.93. The maximum atomic E-state index is 9.54. The van der Waals surface area contributed by atoms with Crippen molar-refractivity contribution in [3.8, 4) is 0 Å². The number of hydrogen-bond donors (Lipinski definition) is 2. The van der Waals surface area contributed by atoms with Gasteiger partial charge in [0.15, 0.2) is 0 Å². The highest BCUT2D eigenvalue weighted by Gasteiger charge is 2.20. The molecule has 1 heterocycles. The highest BCUT2D eigenvalue weighted by atomic mass is 79.9. The van der Waals surface area contributed by atoms with Gasteiger partial charge >= 0.3 is 0 Å². The van der Waals surface area contributed by atoms with Gasteiger partial charge < -0.3 is 10.4 Å². The van der Waals surface area contributed by atoms with Crippen LogP contribution in [0.2, 0.25) is 0 Å². The molecule has 17 heavy (non-hydrogen) atoms. The lowest BCUT2D eigenvalue weighted by atomic mass is 9.95. The van der Waals surface area contributed by atoms with E-state index >= 15 is 0 Å². The number of rotatable bonds is 4. The SMILES string of the molecule is Cc1sc(C(CO)NC2CCCCC2)cc1Br. The smallest absolute Gasteiger partial charge is 0.0652 e. The molecule has 1 aromatic heterocycles. The molecule has 2 rings (SSSR count). The van der Waals surface area contributed by atoms with Crippen LogP contribution in [-0.4, -0.2) is 17.8 Å².